The Kier molecular flexibility index (Phi) is 5.73. The number of primary amides is 1. The predicted octanol–water partition coefficient (Wildman–Crippen LogP) is 3.52. The lowest BCUT2D eigenvalue weighted by atomic mass is 9.53. The molecule has 34 heavy (non-hydrogen) atoms. The van der Waals surface area contributed by atoms with Gasteiger partial charge in [0.25, 0.3) is 17.0 Å². The van der Waals surface area contributed by atoms with Crippen molar-refractivity contribution in [2.24, 2.45) is 11.1 Å². The number of thiazole rings is 1. The molecule has 11 heteroatoms. The molecule has 0 saturated heterocycles. The minimum atomic E-state index is -0.578. The highest BCUT2D eigenvalue weighted by molar-refractivity contribution is 7.15. The summed E-state index contributed by atoms with van der Waals surface area (Å²) in [4.78, 5) is 28.9. The molecule has 2 heterocycles. The largest absolute Gasteiger partial charge is 0.473 e. The number of ether oxygens (including phenoxy) is 2. The van der Waals surface area contributed by atoms with Gasteiger partial charge in [-0.25, -0.2) is 4.68 Å². The third kappa shape index (κ3) is 4.12. The summed E-state index contributed by atoms with van der Waals surface area (Å²) < 4.78 is 12.7. The molecule has 0 atom stereocenters. The molecule has 2 saturated carbocycles. The Morgan fingerprint density at radius 2 is 1.94 bits per heavy atom. The first-order valence-electron chi connectivity index (χ1n) is 10.9. The molecular formula is C23H24ClN5O4S. The standard InChI is InChI=1S/C23H24ClN5O4S/c1-12-17(11-26-29(12)15-5-3-13(24)4-6-15)20(31)27-14-7-23(8-14)9-16(10-23)33-21-18(19(25)30)34-22(28-21)32-2/h3-6,11,14,16H,7-10H2,1-2H3,(H2,25,30)(H,27,31). The van der Waals surface area contributed by atoms with Crippen molar-refractivity contribution in [1.29, 1.82) is 0 Å². The van der Waals surface area contributed by atoms with Gasteiger partial charge in [-0.3, -0.25) is 9.59 Å². The van der Waals surface area contributed by atoms with E-state index in [1.165, 1.54) is 7.11 Å². The van der Waals surface area contributed by atoms with Crippen molar-refractivity contribution in [2.75, 3.05) is 7.11 Å². The maximum Gasteiger partial charge on any atom is 0.277 e. The van der Waals surface area contributed by atoms with E-state index in [2.05, 4.69) is 15.4 Å². The number of nitrogens with two attached hydrogens (primary N) is 1. The molecule has 5 rings (SSSR count). The molecule has 3 aromatic rings. The van der Waals surface area contributed by atoms with E-state index >= 15 is 0 Å². The van der Waals surface area contributed by atoms with E-state index in [1.54, 1.807) is 23.0 Å². The van der Waals surface area contributed by atoms with Crippen LogP contribution in [0.2, 0.25) is 5.02 Å². The molecule has 1 aromatic carbocycles. The Balaban J connectivity index is 1.14. The summed E-state index contributed by atoms with van der Waals surface area (Å²) in [7, 11) is 1.48. The zero-order valence-electron chi connectivity index (χ0n) is 18.7. The fraction of sp³-hybridized carbons (Fsp3) is 0.391. The molecule has 0 bridgehead atoms. The SMILES string of the molecule is COc1nc(OC2CC3(CC(NC(=O)c4cnn(-c5ccc(Cl)cc5)c4C)C3)C2)c(C(N)=O)s1. The number of halogens is 1. The minimum Gasteiger partial charge on any atom is -0.473 e. The highest BCUT2D eigenvalue weighted by Crippen LogP contribution is 2.57. The molecule has 2 amide bonds. The molecule has 1 spiro atoms. The average molecular weight is 502 g/mol. The molecule has 2 fully saturated rings. The summed E-state index contributed by atoms with van der Waals surface area (Å²) in [6, 6.07) is 7.43. The van der Waals surface area contributed by atoms with Crippen molar-refractivity contribution >= 4 is 34.8 Å². The van der Waals surface area contributed by atoms with Crippen molar-refractivity contribution in [1.82, 2.24) is 20.1 Å². The molecule has 0 radical (unpaired) electrons. The Morgan fingerprint density at radius 3 is 2.59 bits per heavy atom. The van der Waals surface area contributed by atoms with Crippen LogP contribution in [-0.2, 0) is 0 Å². The van der Waals surface area contributed by atoms with Crippen LogP contribution in [0.3, 0.4) is 0 Å². The van der Waals surface area contributed by atoms with Crippen LogP contribution in [0.5, 0.6) is 11.1 Å². The summed E-state index contributed by atoms with van der Waals surface area (Å²) in [6.07, 6.45) is 5.06. The number of aromatic nitrogens is 3. The normalized spacial score (nSPS) is 23.1. The van der Waals surface area contributed by atoms with Crippen LogP contribution in [-0.4, -0.2) is 45.8 Å². The van der Waals surface area contributed by atoms with Crippen LogP contribution in [0, 0.1) is 12.3 Å². The van der Waals surface area contributed by atoms with Gasteiger partial charge in [-0.2, -0.15) is 10.1 Å². The first kappa shape index (κ1) is 22.7. The van der Waals surface area contributed by atoms with E-state index in [1.807, 2.05) is 19.1 Å². The predicted molar refractivity (Wildman–Crippen MR) is 127 cm³/mol. The van der Waals surface area contributed by atoms with Gasteiger partial charge in [0, 0.05) is 11.1 Å². The highest BCUT2D eigenvalue weighted by Gasteiger charge is 2.54. The number of nitrogens with one attached hydrogen (secondary N) is 1. The summed E-state index contributed by atoms with van der Waals surface area (Å²) in [6.45, 7) is 1.88. The summed E-state index contributed by atoms with van der Waals surface area (Å²) in [5.41, 5.74) is 7.76. The molecular weight excluding hydrogens is 478 g/mol. The average Bonchev–Trinajstić information content (AvgIpc) is 3.34. The van der Waals surface area contributed by atoms with E-state index in [0.717, 1.165) is 48.4 Å². The van der Waals surface area contributed by atoms with Gasteiger partial charge in [0.2, 0.25) is 5.88 Å². The first-order valence-corrected chi connectivity index (χ1v) is 12.1. The van der Waals surface area contributed by atoms with Gasteiger partial charge in [-0.1, -0.05) is 22.9 Å². The summed E-state index contributed by atoms with van der Waals surface area (Å²) in [5, 5.41) is 8.49. The first-order chi connectivity index (χ1) is 16.3. The number of nitrogens with zero attached hydrogens (tertiary/aromatic N) is 3. The van der Waals surface area contributed by atoms with Crippen LogP contribution >= 0.6 is 22.9 Å². The number of hydrogen-bond acceptors (Lipinski definition) is 7. The molecule has 9 nitrogen and oxygen atoms in total. The Bertz CT molecular complexity index is 1240. The third-order valence-electron chi connectivity index (χ3n) is 6.59. The number of methoxy groups -OCH3 is 1. The van der Waals surface area contributed by atoms with E-state index in [9.17, 15) is 9.59 Å². The second-order valence-electron chi connectivity index (χ2n) is 8.94. The summed E-state index contributed by atoms with van der Waals surface area (Å²) in [5.74, 6) is -0.456. The molecule has 0 unspecified atom stereocenters. The molecule has 0 aliphatic heterocycles. The second kappa shape index (κ2) is 8.59. The fourth-order valence-corrected chi connectivity index (χ4v) is 5.71. The highest BCUT2D eigenvalue weighted by atomic mass is 35.5. The Hall–Kier alpha value is -3.11. The van der Waals surface area contributed by atoms with Gasteiger partial charge in [-0.15, -0.1) is 0 Å². The smallest absolute Gasteiger partial charge is 0.277 e. The zero-order valence-corrected chi connectivity index (χ0v) is 20.3. The minimum absolute atomic E-state index is 0.0265. The Labute approximate surface area is 205 Å². The number of benzene rings is 1. The summed E-state index contributed by atoms with van der Waals surface area (Å²) >= 11 is 7.04. The molecule has 2 aromatic heterocycles. The van der Waals surface area contributed by atoms with Gasteiger partial charge < -0.3 is 20.5 Å². The van der Waals surface area contributed by atoms with Crippen molar-refractivity contribution in [3.63, 3.8) is 0 Å². The van der Waals surface area contributed by atoms with E-state index in [0.29, 0.717) is 15.8 Å². The van der Waals surface area contributed by atoms with E-state index in [4.69, 9.17) is 26.8 Å². The van der Waals surface area contributed by atoms with E-state index in [-0.39, 0.29) is 34.2 Å². The number of amides is 2. The van der Waals surface area contributed by atoms with Crippen molar-refractivity contribution in [3.8, 4) is 16.8 Å². The third-order valence-corrected chi connectivity index (χ3v) is 7.86. The van der Waals surface area contributed by atoms with Crippen molar-refractivity contribution in [3.05, 3.63) is 51.6 Å². The zero-order chi connectivity index (χ0) is 24.0. The van der Waals surface area contributed by atoms with Gasteiger partial charge in [0.15, 0.2) is 4.88 Å². The number of hydrogen-bond donors (Lipinski definition) is 2. The second-order valence-corrected chi connectivity index (χ2v) is 10.3. The van der Waals surface area contributed by atoms with Gasteiger partial charge in [-0.05, 0) is 62.3 Å². The lowest BCUT2D eigenvalue weighted by Crippen LogP contribution is -2.58. The van der Waals surface area contributed by atoms with Gasteiger partial charge >= 0.3 is 0 Å². The number of carbonyl (C=O) groups excluding carboxylic acids is 2. The van der Waals surface area contributed by atoms with Crippen LogP contribution in [0.15, 0.2) is 30.5 Å². The monoisotopic (exact) mass is 501 g/mol. The number of carbonyl (C=O) groups is 2. The van der Waals surface area contributed by atoms with Crippen molar-refractivity contribution < 1.29 is 19.1 Å². The van der Waals surface area contributed by atoms with E-state index < -0.39 is 5.91 Å². The van der Waals surface area contributed by atoms with Crippen LogP contribution in [0.4, 0.5) is 0 Å². The topological polar surface area (TPSA) is 121 Å². The number of rotatable bonds is 7. The van der Waals surface area contributed by atoms with Crippen molar-refractivity contribution in [2.45, 2.75) is 44.8 Å². The lowest BCUT2D eigenvalue weighted by molar-refractivity contribution is -0.0846. The lowest BCUT2D eigenvalue weighted by Gasteiger charge is -2.57. The maximum absolute atomic E-state index is 12.8. The quantitative estimate of drug-likeness (QED) is 0.511. The molecule has 2 aliphatic rings. The molecule has 3 N–H and O–H groups in total. The fourth-order valence-electron chi connectivity index (χ4n) is 4.92. The molecule has 178 valence electrons. The molecule has 2 aliphatic carbocycles. The van der Waals surface area contributed by atoms with Crippen LogP contribution in [0.25, 0.3) is 5.69 Å². The maximum atomic E-state index is 12.8. The van der Waals surface area contributed by atoms with Crippen LogP contribution < -0.4 is 20.5 Å². The van der Waals surface area contributed by atoms with Gasteiger partial charge in [0.05, 0.1) is 30.3 Å². The Morgan fingerprint density at radius 1 is 1.24 bits per heavy atom. The van der Waals surface area contributed by atoms with Gasteiger partial charge in [0.1, 0.15) is 6.10 Å². The van der Waals surface area contributed by atoms with Crippen LogP contribution in [0.1, 0.15) is 51.4 Å².